The lowest BCUT2D eigenvalue weighted by atomic mass is 10.0. The summed E-state index contributed by atoms with van der Waals surface area (Å²) < 4.78 is 0. The molecule has 0 aliphatic carbocycles. The molecular weight excluding hydrogens is 330 g/mol. The first-order chi connectivity index (χ1) is 12.8. The van der Waals surface area contributed by atoms with Crippen LogP contribution in [0, 0.1) is 0 Å². The number of benzene rings is 1. The molecule has 0 bridgehead atoms. The van der Waals surface area contributed by atoms with Crippen LogP contribution in [0.3, 0.4) is 0 Å². The van der Waals surface area contributed by atoms with Gasteiger partial charge in [0, 0.05) is 38.4 Å². The summed E-state index contributed by atoms with van der Waals surface area (Å²) in [5, 5.41) is 0. The normalized spacial score (nSPS) is 17.0. The quantitative estimate of drug-likeness (QED) is 0.781. The number of amides is 2. The van der Waals surface area contributed by atoms with E-state index in [2.05, 4.69) is 20.9 Å². The minimum absolute atomic E-state index is 0.109. The van der Waals surface area contributed by atoms with Gasteiger partial charge in [0.15, 0.2) is 0 Å². The Morgan fingerprint density at radius 1 is 1.00 bits per heavy atom. The summed E-state index contributed by atoms with van der Waals surface area (Å²) in [6.07, 6.45) is 6.04. The molecule has 0 radical (unpaired) electrons. The average Bonchev–Trinajstić information content (AvgIpc) is 2.73. The number of piperazine rings is 1. The topological polar surface area (TPSA) is 69.6 Å². The number of aromatic nitrogens is 2. The number of nitrogens with zero attached hydrogens (tertiary/aromatic N) is 5. The van der Waals surface area contributed by atoms with E-state index in [9.17, 15) is 9.59 Å². The minimum Gasteiger partial charge on any atom is -0.352 e. The van der Waals surface area contributed by atoms with Crippen LogP contribution in [-0.4, -0.2) is 59.9 Å². The second-order valence-corrected chi connectivity index (χ2v) is 6.58. The maximum absolute atomic E-state index is 12.9. The van der Waals surface area contributed by atoms with Crippen LogP contribution in [0.4, 0.5) is 11.5 Å². The molecule has 7 heteroatoms. The van der Waals surface area contributed by atoms with Crippen LogP contribution in [0.2, 0.25) is 0 Å². The summed E-state index contributed by atoms with van der Waals surface area (Å²) in [5.74, 6) is 0.633. The highest BCUT2D eigenvalue weighted by Gasteiger charge is 2.25. The van der Waals surface area contributed by atoms with Gasteiger partial charge in [0.25, 0.3) is 5.91 Å². The summed E-state index contributed by atoms with van der Waals surface area (Å²) >= 11 is 0. The molecule has 2 aromatic rings. The van der Waals surface area contributed by atoms with Gasteiger partial charge in [-0.3, -0.25) is 9.59 Å². The maximum atomic E-state index is 12.9. The van der Waals surface area contributed by atoms with Crippen LogP contribution in [0.5, 0.6) is 0 Å². The first-order valence-corrected chi connectivity index (χ1v) is 8.92. The number of fused-ring (bicyclic) bond motifs is 1. The number of hydrogen-bond donors (Lipinski definition) is 0. The highest BCUT2D eigenvalue weighted by molar-refractivity contribution is 6.05. The van der Waals surface area contributed by atoms with Crippen LogP contribution in [0.1, 0.15) is 22.5 Å². The summed E-state index contributed by atoms with van der Waals surface area (Å²) in [5.41, 5.74) is 2.53. The molecule has 0 N–H and O–H groups in total. The SMILES string of the molecule is O=CN1CCN(c2cnc(C(=O)N3CCCc4ccccc43)cn2)CC1. The molecular formula is C19H21N5O2. The molecule has 0 atom stereocenters. The van der Waals surface area contributed by atoms with E-state index in [1.165, 1.54) is 5.56 Å². The fraction of sp³-hybridized carbons (Fsp3) is 0.368. The van der Waals surface area contributed by atoms with Gasteiger partial charge >= 0.3 is 0 Å². The van der Waals surface area contributed by atoms with Crippen molar-refractivity contribution in [1.29, 1.82) is 0 Å². The highest BCUT2D eigenvalue weighted by atomic mass is 16.2. The van der Waals surface area contributed by atoms with Crippen LogP contribution in [-0.2, 0) is 11.2 Å². The molecule has 1 fully saturated rings. The fourth-order valence-electron chi connectivity index (χ4n) is 3.53. The molecule has 2 aliphatic rings. The molecule has 0 saturated carbocycles. The van der Waals surface area contributed by atoms with Gasteiger partial charge in [-0.15, -0.1) is 0 Å². The molecule has 26 heavy (non-hydrogen) atoms. The first kappa shape index (κ1) is 16.5. The molecule has 2 aliphatic heterocycles. The third-order valence-electron chi connectivity index (χ3n) is 5.00. The van der Waals surface area contributed by atoms with Crippen molar-refractivity contribution in [3.05, 3.63) is 47.9 Å². The molecule has 4 rings (SSSR count). The highest BCUT2D eigenvalue weighted by Crippen LogP contribution is 2.27. The van der Waals surface area contributed by atoms with Crippen molar-refractivity contribution in [2.75, 3.05) is 42.5 Å². The molecule has 1 saturated heterocycles. The number of hydrogen-bond acceptors (Lipinski definition) is 5. The van der Waals surface area contributed by atoms with Crippen LogP contribution < -0.4 is 9.80 Å². The summed E-state index contributed by atoms with van der Waals surface area (Å²) in [4.78, 5) is 38.1. The molecule has 3 heterocycles. The number of rotatable bonds is 3. The Kier molecular flexibility index (Phi) is 4.51. The smallest absolute Gasteiger partial charge is 0.278 e. The Morgan fingerprint density at radius 3 is 2.54 bits per heavy atom. The zero-order chi connectivity index (χ0) is 17.9. The average molecular weight is 351 g/mol. The molecule has 1 aromatic carbocycles. The Balaban J connectivity index is 1.49. The van der Waals surface area contributed by atoms with Crippen LogP contribution in [0.25, 0.3) is 0 Å². The summed E-state index contributed by atoms with van der Waals surface area (Å²) in [7, 11) is 0. The van der Waals surface area contributed by atoms with E-state index in [1.54, 1.807) is 22.2 Å². The molecule has 134 valence electrons. The lowest BCUT2D eigenvalue weighted by molar-refractivity contribution is -0.118. The fourth-order valence-corrected chi connectivity index (χ4v) is 3.53. The molecule has 0 spiro atoms. The molecule has 0 unspecified atom stereocenters. The van der Waals surface area contributed by atoms with Crippen LogP contribution in [0.15, 0.2) is 36.7 Å². The van der Waals surface area contributed by atoms with Gasteiger partial charge in [-0.2, -0.15) is 0 Å². The van der Waals surface area contributed by atoms with Crippen molar-refractivity contribution in [2.24, 2.45) is 0 Å². The van der Waals surface area contributed by atoms with E-state index >= 15 is 0 Å². The zero-order valence-electron chi connectivity index (χ0n) is 14.5. The van der Waals surface area contributed by atoms with Gasteiger partial charge in [-0.25, -0.2) is 9.97 Å². The standard InChI is InChI=1S/C19H21N5O2/c25-14-22-8-10-23(11-9-22)18-13-20-16(12-21-18)19(26)24-7-3-5-15-4-1-2-6-17(15)24/h1-2,4,6,12-14H,3,5,7-11H2. The summed E-state index contributed by atoms with van der Waals surface area (Å²) in [6.45, 7) is 3.50. The van der Waals surface area contributed by atoms with Crippen molar-refractivity contribution in [1.82, 2.24) is 14.9 Å². The third-order valence-corrected chi connectivity index (χ3v) is 5.00. The second-order valence-electron chi connectivity index (χ2n) is 6.58. The number of aryl methyl sites for hydroxylation is 1. The monoisotopic (exact) mass is 351 g/mol. The second kappa shape index (κ2) is 7.11. The van der Waals surface area contributed by atoms with E-state index in [-0.39, 0.29) is 5.91 Å². The molecule has 2 amide bonds. The number of para-hydroxylation sites is 1. The predicted octanol–water partition coefficient (Wildman–Crippen LogP) is 1.35. The van der Waals surface area contributed by atoms with Crippen LogP contribution >= 0.6 is 0 Å². The Bertz CT molecular complexity index is 800. The van der Waals surface area contributed by atoms with Crippen molar-refractivity contribution >= 4 is 23.8 Å². The van der Waals surface area contributed by atoms with Crippen molar-refractivity contribution in [3.63, 3.8) is 0 Å². The van der Waals surface area contributed by atoms with E-state index in [1.807, 2.05) is 18.2 Å². The maximum Gasteiger partial charge on any atom is 0.278 e. The van der Waals surface area contributed by atoms with Gasteiger partial charge in [-0.1, -0.05) is 18.2 Å². The van der Waals surface area contributed by atoms with Crippen molar-refractivity contribution in [3.8, 4) is 0 Å². The zero-order valence-corrected chi connectivity index (χ0v) is 14.5. The third kappa shape index (κ3) is 3.12. The van der Waals surface area contributed by atoms with Gasteiger partial charge in [0.2, 0.25) is 6.41 Å². The van der Waals surface area contributed by atoms with Gasteiger partial charge < -0.3 is 14.7 Å². The lowest BCUT2D eigenvalue weighted by Gasteiger charge is -2.33. The van der Waals surface area contributed by atoms with Crippen molar-refractivity contribution in [2.45, 2.75) is 12.8 Å². The van der Waals surface area contributed by atoms with Gasteiger partial charge in [-0.05, 0) is 24.5 Å². The molecule has 1 aromatic heterocycles. The number of carbonyl (C=O) groups is 2. The lowest BCUT2D eigenvalue weighted by Crippen LogP contribution is -2.46. The van der Waals surface area contributed by atoms with Gasteiger partial charge in [0.05, 0.1) is 12.4 Å². The first-order valence-electron chi connectivity index (χ1n) is 8.92. The van der Waals surface area contributed by atoms with Crippen molar-refractivity contribution < 1.29 is 9.59 Å². The van der Waals surface area contributed by atoms with E-state index in [0.717, 1.165) is 43.8 Å². The largest absolute Gasteiger partial charge is 0.352 e. The Hall–Kier alpha value is -2.96. The van der Waals surface area contributed by atoms with Gasteiger partial charge in [0.1, 0.15) is 11.5 Å². The summed E-state index contributed by atoms with van der Waals surface area (Å²) in [6, 6.07) is 8.02. The Labute approximate surface area is 152 Å². The van der Waals surface area contributed by atoms with E-state index < -0.39 is 0 Å². The number of carbonyl (C=O) groups excluding carboxylic acids is 2. The predicted molar refractivity (Wildman–Crippen MR) is 98.3 cm³/mol. The van der Waals surface area contributed by atoms with E-state index in [0.29, 0.717) is 25.3 Å². The van der Waals surface area contributed by atoms with E-state index in [4.69, 9.17) is 0 Å². The number of anilines is 2. The molecule has 7 nitrogen and oxygen atoms in total. The minimum atomic E-state index is -0.109. The Morgan fingerprint density at radius 2 is 1.81 bits per heavy atom.